The van der Waals surface area contributed by atoms with Gasteiger partial charge in [-0.3, -0.25) is 4.79 Å². The first-order valence-electron chi connectivity index (χ1n) is 6.80. The van der Waals surface area contributed by atoms with Crippen molar-refractivity contribution in [3.63, 3.8) is 0 Å². The quantitative estimate of drug-likeness (QED) is 0.844. The lowest BCUT2D eigenvalue weighted by atomic mass is 10.0. The predicted octanol–water partition coefficient (Wildman–Crippen LogP) is 3.49. The standard InChI is InChI=1S/C17H19NO2/c1-2-13-7-9-16(10-8-13)18-12-15-6-4-3-5-14(15)11-17(19)20/h3-10,18H,2,11-12H2,1H3,(H,19,20). The van der Waals surface area contributed by atoms with Crippen LogP contribution in [0, 0.1) is 0 Å². The maximum absolute atomic E-state index is 10.8. The number of carboxylic acid groups (broad SMARTS) is 1. The van der Waals surface area contributed by atoms with Crippen molar-refractivity contribution in [2.45, 2.75) is 26.3 Å². The van der Waals surface area contributed by atoms with Crippen LogP contribution in [0.2, 0.25) is 0 Å². The van der Waals surface area contributed by atoms with Gasteiger partial charge in [0.2, 0.25) is 0 Å². The maximum atomic E-state index is 10.8. The van der Waals surface area contributed by atoms with Gasteiger partial charge in [0, 0.05) is 12.2 Å². The highest BCUT2D eigenvalue weighted by atomic mass is 16.4. The summed E-state index contributed by atoms with van der Waals surface area (Å²) in [6, 6.07) is 16.0. The fourth-order valence-electron chi connectivity index (χ4n) is 2.12. The van der Waals surface area contributed by atoms with Crippen LogP contribution in [0.15, 0.2) is 48.5 Å². The molecule has 0 aliphatic heterocycles. The second-order valence-corrected chi connectivity index (χ2v) is 4.74. The molecule has 0 unspecified atom stereocenters. The Morgan fingerprint density at radius 3 is 2.30 bits per heavy atom. The van der Waals surface area contributed by atoms with E-state index in [0.29, 0.717) is 6.54 Å². The van der Waals surface area contributed by atoms with Crippen molar-refractivity contribution >= 4 is 11.7 Å². The molecule has 0 fully saturated rings. The van der Waals surface area contributed by atoms with Crippen molar-refractivity contribution < 1.29 is 9.90 Å². The number of hydrogen-bond acceptors (Lipinski definition) is 2. The van der Waals surface area contributed by atoms with Gasteiger partial charge in [-0.25, -0.2) is 0 Å². The Kier molecular flexibility index (Phi) is 4.77. The molecule has 0 heterocycles. The molecular weight excluding hydrogens is 250 g/mol. The Balaban J connectivity index is 2.04. The average Bonchev–Trinajstić information content (AvgIpc) is 2.46. The summed E-state index contributed by atoms with van der Waals surface area (Å²) in [4.78, 5) is 10.8. The maximum Gasteiger partial charge on any atom is 0.307 e. The molecule has 0 amide bonds. The van der Waals surface area contributed by atoms with Gasteiger partial charge < -0.3 is 10.4 Å². The first-order chi connectivity index (χ1) is 9.69. The first kappa shape index (κ1) is 14.1. The summed E-state index contributed by atoms with van der Waals surface area (Å²) in [5, 5.41) is 12.2. The fraction of sp³-hybridized carbons (Fsp3) is 0.235. The van der Waals surface area contributed by atoms with Crippen LogP contribution in [0.1, 0.15) is 23.6 Å². The van der Waals surface area contributed by atoms with Crippen LogP contribution in [0.25, 0.3) is 0 Å². The Hall–Kier alpha value is -2.29. The van der Waals surface area contributed by atoms with Crippen LogP contribution < -0.4 is 5.32 Å². The van der Waals surface area contributed by atoms with E-state index in [2.05, 4.69) is 36.5 Å². The predicted molar refractivity (Wildman–Crippen MR) is 80.9 cm³/mol. The Labute approximate surface area is 119 Å². The van der Waals surface area contributed by atoms with E-state index in [-0.39, 0.29) is 6.42 Å². The normalized spacial score (nSPS) is 10.2. The molecule has 2 N–H and O–H groups in total. The molecule has 0 saturated carbocycles. The van der Waals surface area contributed by atoms with E-state index in [4.69, 9.17) is 5.11 Å². The summed E-state index contributed by atoms with van der Waals surface area (Å²) in [5.74, 6) is -0.801. The fourth-order valence-corrected chi connectivity index (χ4v) is 2.12. The zero-order valence-corrected chi connectivity index (χ0v) is 11.6. The number of aryl methyl sites for hydroxylation is 1. The molecule has 20 heavy (non-hydrogen) atoms. The smallest absolute Gasteiger partial charge is 0.307 e. The van der Waals surface area contributed by atoms with Gasteiger partial charge in [0.25, 0.3) is 0 Å². The zero-order chi connectivity index (χ0) is 14.4. The van der Waals surface area contributed by atoms with Crippen molar-refractivity contribution in [1.29, 1.82) is 0 Å². The van der Waals surface area contributed by atoms with E-state index >= 15 is 0 Å². The number of aliphatic carboxylic acids is 1. The average molecular weight is 269 g/mol. The third-order valence-electron chi connectivity index (χ3n) is 3.31. The van der Waals surface area contributed by atoms with Gasteiger partial charge in [-0.15, -0.1) is 0 Å². The van der Waals surface area contributed by atoms with E-state index in [9.17, 15) is 4.79 Å². The third-order valence-corrected chi connectivity index (χ3v) is 3.31. The molecule has 0 saturated heterocycles. The molecule has 2 aromatic rings. The highest BCUT2D eigenvalue weighted by Gasteiger charge is 2.05. The molecule has 2 rings (SSSR count). The van der Waals surface area contributed by atoms with E-state index in [0.717, 1.165) is 23.2 Å². The van der Waals surface area contributed by atoms with Crippen LogP contribution in [-0.2, 0) is 24.2 Å². The third kappa shape index (κ3) is 3.85. The van der Waals surface area contributed by atoms with Crippen molar-refractivity contribution in [1.82, 2.24) is 0 Å². The molecule has 0 aliphatic carbocycles. The Morgan fingerprint density at radius 1 is 1.05 bits per heavy atom. The van der Waals surface area contributed by atoms with Crippen molar-refractivity contribution in [3.8, 4) is 0 Å². The van der Waals surface area contributed by atoms with E-state index < -0.39 is 5.97 Å². The number of anilines is 1. The van der Waals surface area contributed by atoms with Crippen LogP contribution in [0.4, 0.5) is 5.69 Å². The van der Waals surface area contributed by atoms with Gasteiger partial charge in [-0.2, -0.15) is 0 Å². The molecule has 3 nitrogen and oxygen atoms in total. The highest BCUT2D eigenvalue weighted by molar-refractivity contribution is 5.70. The second kappa shape index (κ2) is 6.75. The minimum atomic E-state index is -0.801. The summed E-state index contributed by atoms with van der Waals surface area (Å²) in [7, 11) is 0. The lowest BCUT2D eigenvalue weighted by molar-refractivity contribution is -0.136. The van der Waals surface area contributed by atoms with Gasteiger partial charge in [0.05, 0.1) is 6.42 Å². The number of carbonyl (C=O) groups is 1. The second-order valence-electron chi connectivity index (χ2n) is 4.74. The summed E-state index contributed by atoms with van der Waals surface area (Å²) in [6.07, 6.45) is 1.09. The van der Waals surface area contributed by atoms with Crippen LogP contribution >= 0.6 is 0 Å². The molecule has 0 atom stereocenters. The monoisotopic (exact) mass is 269 g/mol. The summed E-state index contributed by atoms with van der Waals surface area (Å²) >= 11 is 0. The SMILES string of the molecule is CCc1ccc(NCc2ccccc2CC(=O)O)cc1. The first-order valence-corrected chi connectivity index (χ1v) is 6.80. The number of carboxylic acids is 1. The van der Waals surface area contributed by atoms with E-state index in [1.165, 1.54) is 5.56 Å². The van der Waals surface area contributed by atoms with Gasteiger partial charge in [0.1, 0.15) is 0 Å². The molecule has 0 radical (unpaired) electrons. The highest BCUT2D eigenvalue weighted by Crippen LogP contribution is 2.14. The molecule has 3 heteroatoms. The lowest BCUT2D eigenvalue weighted by Crippen LogP contribution is -2.07. The van der Waals surface area contributed by atoms with Gasteiger partial charge in [0.15, 0.2) is 0 Å². The minimum Gasteiger partial charge on any atom is -0.481 e. The van der Waals surface area contributed by atoms with E-state index in [1.807, 2.05) is 24.3 Å². The van der Waals surface area contributed by atoms with Gasteiger partial charge in [-0.1, -0.05) is 43.3 Å². The molecule has 104 valence electrons. The van der Waals surface area contributed by atoms with Crippen molar-refractivity contribution in [2.75, 3.05) is 5.32 Å². The van der Waals surface area contributed by atoms with Crippen LogP contribution in [-0.4, -0.2) is 11.1 Å². The Bertz CT molecular complexity index is 576. The number of rotatable bonds is 6. The molecule has 0 aromatic heterocycles. The minimum absolute atomic E-state index is 0.0621. The number of nitrogens with one attached hydrogen (secondary N) is 1. The largest absolute Gasteiger partial charge is 0.481 e. The van der Waals surface area contributed by atoms with Gasteiger partial charge >= 0.3 is 5.97 Å². The molecule has 0 bridgehead atoms. The Morgan fingerprint density at radius 2 is 1.70 bits per heavy atom. The van der Waals surface area contributed by atoms with Crippen LogP contribution in [0.3, 0.4) is 0 Å². The zero-order valence-electron chi connectivity index (χ0n) is 11.6. The van der Waals surface area contributed by atoms with Crippen molar-refractivity contribution in [3.05, 3.63) is 65.2 Å². The number of benzene rings is 2. The summed E-state index contributed by atoms with van der Waals surface area (Å²) in [5.41, 5.74) is 4.24. The van der Waals surface area contributed by atoms with E-state index in [1.54, 1.807) is 0 Å². The topological polar surface area (TPSA) is 49.3 Å². The molecule has 0 spiro atoms. The molecular formula is C17H19NO2. The lowest BCUT2D eigenvalue weighted by Gasteiger charge is -2.10. The van der Waals surface area contributed by atoms with Gasteiger partial charge in [-0.05, 0) is 35.2 Å². The molecule has 0 aliphatic rings. The molecule has 2 aromatic carbocycles. The van der Waals surface area contributed by atoms with Crippen LogP contribution in [0.5, 0.6) is 0 Å². The summed E-state index contributed by atoms with van der Waals surface area (Å²) < 4.78 is 0. The van der Waals surface area contributed by atoms with Crippen molar-refractivity contribution in [2.24, 2.45) is 0 Å². The summed E-state index contributed by atoms with van der Waals surface area (Å²) in [6.45, 7) is 2.76. The number of hydrogen-bond donors (Lipinski definition) is 2.